The fourth-order valence-electron chi connectivity index (χ4n) is 3.89. The van der Waals surface area contributed by atoms with Crippen LogP contribution in [-0.2, 0) is 6.42 Å². The molecule has 1 aliphatic rings. The molecule has 1 aliphatic heterocycles. The maximum atomic E-state index is 13.4. The first-order valence-electron chi connectivity index (χ1n) is 9.97. The van der Waals surface area contributed by atoms with Gasteiger partial charge < -0.3 is 0 Å². The summed E-state index contributed by atoms with van der Waals surface area (Å²) in [6, 6.07) is 16.3. The molecule has 0 fully saturated rings. The minimum atomic E-state index is -0.367. The van der Waals surface area contributed by atoms with Crippen molar-refractivity contribution in [1.82, 2.24) is 14.5 Å². The second-order valence-electron chi connectivity index (χ2n) is 7.49. The molecule has 0 aliphatic carbocycles. The Bertz CT molecular complexity index is 1430. The largest absolute Gasteiger partial charge is 0.274 e. The van der Waals surface area contributed by atoms with Crippen molar-refractivity contribution in [2.45, 2.75) is 6.42 Å². The summed E-state index contributed by atoms with van der Waals surface area (Å²) < 4.78 is 1.43. The molecule has 2 amide bonds. The Hall–Kier alpha value is -3.19. The zero-order valence-corrected chi connectivity index (χ0v) is 19.2. The van der Waals surface area contributed by atoms with Gasteiger partial charge in [-0.2, -0.15) is 0 Å². The van der Waals surface area contributed by atoms with Gasteiger partial charge in [-0.15, -0.1) is 0 Å². The Morgan fingerprint density at radius 2 is 1.45 bits per heavy atom. The molecule has 9 heteroatoms. The van der Waals surface area contributed by atoms with Crippen LogP contribution >= 0.6 is 34.8 Å². The summed E-state index contributed by atoms with van der Waals surface area (Å²) in [4.78, 5) is 44.6. The molecule has 0 unspecified atom stereocenters. The van der Waals surface area contributed by atoms with Crippen LogP contribution in [0.2, 0.25) is 15.1 Å². The number of imide groups is 1. The molecular formula is C24H14Cl3N3O3. The third-order valence-electron chi connectivity index (χ3n) is 5.50. The lowest BCUT2D eigenvalue weighted by Crippen LogP contribution is -2.32. The summed E-state index contributed by atoms with van der Waals surface area (Å²) in [5.41, 5.74) is 2.08. The minimum absolute atomic E-state index is 0.0605. The van der Waals surface area contributed by atoms with E-state index in [1.165, 1.54) is 9.47 Å². The van der Waals surface area contributed by atoms with Crippen molar-refractivity contribution >= 4 is 63.6 Å². The average Bonchev–Trinajstić information content (AvgIpc) is 3.27. The molecule has 164 valence electrons. The molecule has 1 aromatic heterocycles. The lowest BCUT2D eigenvalue weighted by atomic mass is 10.1. The Morgan fingerprint density at radius 3 is 2.09 bits per heavy atom. The maximum Gasteiger partial charge on any atom is 0.263 e. The highest BCUT2D eigenvalue weighted by Crippen LogP contribution is 2.30. The van der Waals surface area contributed by atoms with Crippen LogP contribution in [0.25, 0.3) is 11.0 Å². The monoisotopic (exact) mass is 497 g/mol. The number of benzene rings is 3. The molecule has 0 saturated carbocycles. The predicted octanol–water partition coefficient (Wildman–Crippen LogP) is 5.52. The number of carbonyl (C=O) groups excluding carboxylic acids is 3. The van der Waals surface area contributed by atoms with E-state index in [-0.39, 0.29) is 35.7 Å². The SMILES string of the molecule is O=C1c2ccccc2C(=O)N1CCc1nc2cc(Cl)c(Cl)cc2n1C(=O)c1ccc(Cl)cc1. The van der Waals surface area contributed by atoms with E-state index in [1.54, 1.807) is 60.7 Å². The molecule has 0 N–H and O–H groups in total. The number of aromatic nitrogens is 2. The molecule has 6 nitrogen and oxygen atoms in total. The molecule has 0 saturated heterocycles. The summed E-state index contributed by atoms with van der Waals surface area (Å²) >= 11 is 18.3. The van der Waals surface area contributed by atoms with E-state index >= 15 is 0 Å². The zero-order chi connectivity index (χ0) is 23.3. The Kier molecular flexibility index (Phi) is 5.44. The highest BCUT2D eigenvalue weighted by atomic mass is 35.5. The Balaban J connectivity index is 1.53. The van der Waals surface area contributed by atoms with Gasteiger partial charge in [0.25, 0.3) is 17.7 Å². The van der Waals surface area contributed by atoms with Gasteiger partial charge >= 0.3 is 0 Å². The van der Waals surface area contributed by atoms with E-state index in [2.05, 4.69) is 4.98 Å². The number of hydrogen-bond donors (Lipinski definition) is 0. The molecule has 4 aromatic rings. The van der Waals surface area contributed by atoms with Crippen LogP contribution in [0.3, 0.4) is 0 Å². The van der Waals surface area contributed by atoms with Gasteiger partial charge in [0.1, 0.15) is 5.82 Å². The molecule has 3 aromatic carbocycles. The third kappa shape index (κ3) is 3.70. The smallest absolute Gasteiger partial charge is 0.263 e. The van der Waals surface area contributed by atoms with Gasteiger partial charge in [0, 0.05) is 23.6 Å². The summed E-state index contributed by atoms with van der Waals surface area (Å²) in [7, 11) is 0. The number of amides is 2. The summed E-state index contributed by atoms with van der Waals surface area (Å²) in [5, 5.41) is 1.09. The molecule has 0 spiro atoms. The van der Waals surface area contributed by atoms with Crippen molar-refractivity contribution in [1.29, 1.82) is 0 Å². The number of carbonyl (C=O) groups is 3. The van der Waals surface area contributed by atoms with Gasteiger partial charge in [-0.1, -0.05) is 46.9 Å². The number of nitrogens with zero attached hydrogens (tertiary/aromatic N) is 3. The van der Waals surface area contributed by atoms with Gasteiger partial charge in [0.2, 0.25) is 0 Å². The molecule has 5 rings (SSSR count). The van der Waals surface area contributed by atoms with Gasteiger partial charge in [0.15, 0.2) is 0 Å². The number of fused-ring (bicyclic) bond motifs is 2. The first kappa shape index (κ1) is 21.6. The number of halogens is 3. The van der Waals surface area contributed by atoms with Crippen LogP contribution in [-0.4, -0.2) is 38.7 Å². The van der Waals surface area contributed by atoms with Crippen LogP contribution in [0.4, 0.5) is 0 Å². The first-order chi connectivity index (χ1) is 15.8. The molecule has 0 atom stereocenters. The lowest BCUT2D eigenvalue weighted by Gasteiger charge is -2.14. The highest BCUT2D eigenvalue weighted by molar-refractivity contribution is 6.42. The molecular weight excluding hydrogens is 485 g/mol. The van der Waals surface area contributed by atoms with E-state index in [9.17, 15) is 14.4 Å². The van der Waals surface area contributed by atoms with E-state index in [4.69, 9.17) is 34.8 Å². The Morgan fingerprint density at radius 1 is 0.848 bits per heavy atom. The second kappa shape index (κ2) is 8.30. The zero-order valence-electron chi connectivity index (χ0n) is 16.9. The third-order valence-corrected chi connectivity index (χ3v) is 6.47. The van der Waals surface area contributed by atoms with Crippen LogP contribution < -0.4 is 0 Å². The average molecular weight is 499 g/mol. The van der Waals surface area contributed by atoms with Crippen molar-refractivity contribution in [3.8, 4) is 0 Å². The normalized spacial score (nSPS) is 13.1. The molecule has 0 bridgehead atoms. The number of imidazole rings is 1. The molecule has 2 heterocycles. The van der Waals surface area contributed by atoms with Crippen molar-refractivity contribution < 1.29 is 14.4 Å². The first-order valence-corrected chi connectivity index (χ1v) is 11.1. The van der Waals surface area contributed by atoms with Gasteiger partial charge in [0.05, 0.1) is 32.2 Å². The van der Waals surface area contributed by atoms with Crippen molar-refractivity contribution in [2.75, 3.05) is 6.54 Å². The number of rotatable bonds is 4. The van der Waals surface area contributed by atoms with Crippen molar-refractivity contribution in [3.63, 3.8) is 0 Å². The predicted molar refractivity (Wildman–Crippen MR) is 126 cm³/mol. The summed E-state index contributed by atoms with van der Waals surface area (Å²) in [6.45, 7) is 0.0605. The van der Waals surface area contributed by atoms with Crippen LogP contribution in [0.15, 0.2) is 60.7 Å². The van der Waals surface area contributed by atoms with Crippen molar-refractivity contribution in [3.05, 3.63) is 98.2 Å². The highest BCUT2D eigenvalue weighted by Gasteiger charge is 2.35. The van der Waals surface area contributed by atoms with E-state index in [0.717, 1.165) is 0 Å². The van der Waals surface area contributed by atoms with Gasteiger partial charge in [-0.25, -0.2) is 4.98 Å². The lowest BCUT2D eigenvalue weighted by molar-refractivity contribution is 0.0655. The standard InChI is InChI=1S/C24H14Cl3N3O3/c25-14-7-5-13(6-8-14)22(31)30-20-12-18(27)17(26)11-19(20)28-21(30)9-10-29-23(32)15-3-1-2-4-16(15)24(29)33/h1-8,11-12H,9-10H2. The second-order valence-corrected chi connectivity index (χ2v) is 8.74. The van der Waals surface area contributed by atoms with Crippen molar-refractivity contribution in [2.24, 2.45) is 0 Å². The summed E-state index contributed by atoms with van der Waals surface area (Å²) in [5.74, 6) is -0.702. The Labute approximate surface area is 203 Å². The van der Waals surface area contributed by atoms with Gasteiger partial charge in [-0.05, 0) is 48.5 Å². The maximum absolute atomic E-state index is 13.4. The fourth-order valence-corrected chi connectivity index (χ4v) is 4.33. The quantitative estimate of drug-likeness (QED) is 0.347. The molecule has 33 heavy (non-hydrogen) atoms. The van der Waals surface area contributed by atoms with Gasteiger partial charge in [-0.3, -0.25) is 23.9 Å². The fraction of sp³-hybridized carbons (Fsp3) is 0.0833. The van der Waals surface area contributed by atoms with E-state index in [0.29, 0.717) is 43.6 Å². The minimum Gasteiger partial charge on any atom is -0.274 e. The topological polar surface area (TPSA) is 72.3 Å². The summed E-state index contributed by atoms with van der Waals surface area (Å²) in [6.07, 6.45) is 0.161. The van der Waals surface area contributed by atoms with Crippen LogP contribution in [0.1, 0.15) is 36.9 Å². The van der Waals surface area contributed by atoms with E-state index in [1.807, 2.05) is 0 Å². The molecule has 0 radical (unpaired) electrons. The van der Waals surface area contributed by atoms with Crippen LogP contribution in [0.5, 0.6) is 0 Å². The van der Waals surface area contributed by atoms with Crippen LogP contribution in [0, 0.1) is 0 Å². The van der Waals surface area contributed by atoms with E-state index < -0.39 is 0 Å². The number of hydrogen-bond acceptors (Lipinski definition) is 4.